The number of rotatable bonds is 24. The predicted octanol–water partition coefficient (Wildman–Crippen LogP) is 2.41. The number of Topliss-reactive ketones (excluding diaryl/α,β-unsaturated/α-hetero) is 1. The van der Waals surface area contributed by atoms with Crippen LogP contribution >= 0.6 is 11.8 Å². The molecule has 0 bridgehead atoms. The Morgan fingerprint density at radius 3 is 2.07 bits per heavy atom. The molecule has 6 unspecified atom stereocenters. The highest BCUT2D eigenvalue weighted by atomic mass is 32.2. The number of primary amides is 1. The maximum atomic E-state index is 14.6. The van der Waals surface area contributed by atoms with Gasteiger partial charge in [-0.15, -0.1) is 11.8 Å². The van der Waals surface area contributed by atoms with Crippen molar-refractivity contribution in [2.75, 3.05) is 39.5 Å². The Labute approximate surface area is 420 Å². The molecule has 7 amide bonds. The molecule has 0 aromatic heterocycles. The van der Waals surface area contributed by atoms with Crippen molar-refractivity contribution in [3.05, 3.63) is 23.9 Å². The van der Waals surface area contributed by atoms with E-state index in [1.165, 1.54) is 82.7 Å². The number of aliphatic hydroxyl groups is 1. The van der Waals surface area contributed by atoms with Crippen LogP contribution in [0.1, 0.15) is 150 Å². The molecule has 1 fully saturated rings. The highest BCUT2D eigenvalue weighted by Gasteiger charge is 2.45. The molecule has 0 radical (unpaired) electrons. The van der Waals surface area contributed by atoms with Crippen molar-refractivity contribution in [2.24, 2.45) is 22.6 Å². The molecule has 2 aliphatic rings. The number of thioether (sulfide) groups is 1. The Balaban J connectivity index is 0.00000114. The van der Waals surface area contributed by atoms with Crippen LogP contribution in [0.4, 0.5) is 0 Å². The smallest absolute Gasteiger partial charge is 0.248 e. The Morgan fingerprint density at radius 1 is 0.857 bits per heavy atom. The number of hydrogen-bond donors (Lipinski definition) is 11. The second kappa shape index (κ2) is 35.8. The third-order valence-corrected chi connectivity index (χ3v) is 12.8. The van der Waals surface area contributed by atoms with Gasteiger partial charge in [-0.25, -0.2) is 0 Å². The molecule has 2 aliphatic heterocycles. The van der Waals surface area contributed by atoms with Crippen LogP contribution < -0.4 is 53.6 Å². The number of aliphatic hydroxyl groups excluding tert-OH is 1. The Bertz CT molecular complexity index is 1750. The Morgan fingerprint density at radius 2 is 1.49 bits per heavy atom. The summed E-state index contributed by atoms with van der Waals surface area (Å²) in [5.41, 5.74) is 3.72. The lowest BCUT2D eigenvalue weighted by molar-refractivity contribution is -0.137. The number of ketones is 1. The van der Waals surface area contributed by atoms with E-state index in [1.54, 1.807) is 7.05 Å². The topological polar surface area (TPSA) is 303 Å². The summed E-state index contributed by atoms with van der Waals surface area (Å²) in [6, 6.07) is -4.78. The first-order valence-corrected chi connectivity index (χ1v) is 26.2. The number of carbonyl (C=O) groups excluding carboxylic acids is 8. The van der Waals surface area contributed by atoms with E-state index < -0.39 is 89.9 Å². The van der Waals surface area contributed by atoms with Gasteiger partial charge in [0.25, 0.3) is 0 Å². The SMILES string of the molecule is C=C1CNC(=O)C(CC(C)C)NC(=O)C(CC(=O)C(C)NC(=O)CCCC)CC2(CS/C=C\NC(=O)C(CO)NC(=O)C(CCC(N)=O)NC2=O)N1.CCCCCCCCCCCCNC(=NC)NC. The number of nitrogens with one attached hydrogen (secondary N) is 9. The van der Waals surface area contributed by atoms with Crippen LogP contribution in [0.15, 0.2) is 28.9 Å². The number of nitrogens with two attached hydrogens (primary N) is 1. The molecule has 12 N–H and O–H groups in total. The minimum Gasteiger partial charge on any atom is -0.394 e. The minimum atomic E-state index is -1.80. The first kappa shape index (κ1) is 62.8. The Hall–Kier alpha value is -5.18. The van der Waals surface area contributed by atoms with Crippen molar-refractivity contribution in [3.8, 4) is 0 Å². The fraction of sp³-hybridized carbons (Fsp3) is 0.735. The second-order valence-electron chi connectivity index (χ2n) is 18.5. The summed E-state index contributed by atoms with van der Waals surface area (Å²) < 4.78 is 0. The molecule has 2 rings (SSSR count). The molecule has 0 saturated carbocycles. The second-order valence-corrected chi connectivity index (χ2v) is 19.4. The molecule has 0 aromatic carbocycles. The summed E-state index contributed by atoms with van der Waals surface area (Å²) in [4.78, 5) is 110. The first-order chi connectivity index (χ1) is 33.4. The van der Waals surface area contributed by atoms with Crippen molar-refractivity contribution < 1.29 is 43.5 Å². The van der Waals surface area contributed by atoms with Gasteiger partial charge >= 0.3 is 0 Å². The largest absolute Gasteiger partial charge is 0.394 e. The van der Waals surface area contributed by atoms with Gasteiger partial charge in [-0.05, 0) is 50.4 Å². The fourth-order valence-electron chi connectivity index (χ4n) is 7.75. The van der Waals surface area contributed by atoms with Gasteiger partial charge in [-0.1, -0.05) is 98.5 Å². The van der Waals surface area contributed by atoms with Crippen LogP contribution in [0.2, 0.25) is 0 Å². The standard InChI is InChI=1S/C34H54N8O9S.C15H33N3/c1-6-7-8-28(46)38-21(5)26(44)14-22-15-34(42-20(4)16-37-30(48)24(13-19(2)3)39-29(22)47)18-52-12-11-36-31(49)25(17-43)40-32(50)23(41-33(34)51)9-10-27(35)45;1-4-5-6-7-8-9-10-11-12-13-14-18-15(16-2)17-3/h11-12,19,21-25,42-43H,4,6-10,13-18H2,1-3,5H3,(H2,35,45)(H,36,49)(H,37,48)(H,38,46)(H,39,47)(H,40,50)(H,41,51);4-14H2,1-3H3,(H2,16,17,18)/b12-11-;. The number of hydrogen-bond acceptors (Lipinski definition) is 12. The minimum absolute atomic E-state index is 0.00829. The molecule has 1 saturated heterocycles. The van der Waals surface area contributed by atoms with Crippen LogP contribution in [0.3, 0.4) is 0 Å². The summed E-state index contributed by atoms with van der Waals surface area (Å²) >= 11 is 1.04. The highest BCUT2D eigenvalue weighted by Crippen LogP contribution is 2.29. The van der Waals surface area contributed by atoms with Crippen LogP contribution in [0.5, 0.6) is 0 Å². The van der Waals surface area contributed by atoms with E-state index in [9.17, 15) is 43.5 Å². The molecule has 0 aromatic rings. The van der Waals surface area contributed by atoms with Crippen molar-refractivity contribution in [3.63, 3.8) is 0 Å². The van der Waals surface area contributed by atoms with Crippen LogP contribution in [-0.2, 0) is 38.4 Å². The average Bonchev–Trinajstić information content (AvgIpc) is 3.32. The van der Waals surface area contributed by atoms with Gasteiger partial charge in [0.2, 0.25) is 41.4 Å². The van der Waals surface area contributed by atoms with Gasteiger partial charge in [0.1, 0.15) is 23.7 Å². The van der Waals surface area contributed by atoms with Crippen LogP contribution in [0, 0.1) is 11.8 Å². The van der Waals surface area contributed by atoms with Gasteiger partial charge < -0.3 is 58.7 Å². The summed E-state index contributed by atoms with van der Waals surface area (Å²) in [6.07, 6.45) is 15.6. The molecular formula is C49H87N11O9S. The number of guanidine groups is 1. The molecule has 70 heavy (non-hydrogen) atoms. The van der Waals surface area contributed by atoms with Crippen molar-refractivity contribution in [2.45, 2.75) is 180 Å². The lowest BCUT2D eigenvalue weighted by Gasteiger charge is -2.38. The molecule has 398 valence electrons. The molecule has 2 heterocycles. The van der Waals surface area contributed by atoms with E-state index in [0.717, 1.165) is 30.7 Å². The van der Waals surface area contributed by atoms with Gasteiger partial charge in [-0.2, -0.15) is 0 Å². The molecule has 20 nitrogen and oxygen atoms in total. The monoisotopic (exact) mass is 1010 g/mol. The van der Waals surface area contributed by atoms with E-state index in [0.29, 0.717) is 6.42 Å². The number of carbonyl (C=O) groups is 8. The first-order valence-electron chi connectivity index (χ1n) is 25.2. The van der Waals surface area contributed by atoms with Crippen molar-refractivity contribution in [1.29, 1.82) is 0 Å². The normalized spacial score (nSPS) is 22.6. The molecule has 21 heteroatoms. The van der Waals surface area contributed by atoms with E-state index in [2.05, 4.69) is 66.3 Å². The lowest BCUT2D eigenvalue weighted by Crippen LogP contribution is -2.64. The zero-order chi connectivity index (χ0) is 52.5. The Kier molecular flexibility index (Phi) is 32.2. The lowest BCUT2D eigenvalue weighted by atomic mass is 9.83. The van der Waals surface area contributed by atoms with E-state index in [-0.39, 0.29) is 61.9 Å². The number of amides is 7. The highest BCUT2D eigenvalue weighted by molar-refractivity contribution is 8.02. The number of unbranched alkanes of at least 4 members (excludes halogenated alkanes) is 10. The van der Waals surface area contributed by atoms with E-state index in [1.807, 2.05) is 27.8 Å². The average molecular weight is 1010 g/mol. The maximum absolute atomic E-state index is 14.6. The summed E-state index contributed by atoms with van der Waals surface area (Å²) in [5, 5.41) is 36.2. The molecule has 6 atom stereocenters. The molecule has 0 aliphatic carbocycles. The fourth-order valence-corrected chi connectivity index (χ4v) is 8.62. The van der Waals surface area contributed by atoms with Gasteiger partial charge in [0.05, 0.1) is 19.2 Å². The molecule has 1 spiro atoms. The molecular weight excluding hydrogens is 919 g/mol. The van der Waals surface area contributed by atoms with Crippen LogP contribution in [0.25, 0.3) is 0 Å². The maximum Gasteiger partial charge on any atom is 0.248 e. The summed E-state index contributed by atoms with van der Waals surface area (Å²) in [5.74, 6) is -5.76. The quantitative estimate of drug-likeness (QED) is 0.0377. The van der Waals surface area contributed by atoms with Crippen molar-refractivity contribution >= 4 is 64.9 Å². The number of aliphatic imine (C=N–C) groups is 1. The van der Waals surface area contributed by atoms with Crippen molar-refractivity contribution in [1.82, 2.24) is 47.9 Å². The third-order valence-electron chi connectivity index (χ3n) is 11.8. The zero-order valence-corrected chi connectivity index (χ0v) is 43.8. The predicted molar refractivity (Wildman–Crippen MR) is 276 cm³/mol. The third kappa shape index (κ3) is 25.6. The van der Waals surface area contributed by atoms with Gasteiger partial charge in [-0.3, -0.25) is 43.3 Å². The van der Waals surface area contributed by atoms with E-state index >= 15 is 0 Å². The van der Waals surface area contributed by atoms with Gasteiger partial charge in [0.15, 0.2) is 11.7 Å². The van der Waals surface area contributed by atoms with Gasteiger partial charge in [0, 0.05) is 63.5 Å². The van der Waals surface area contributed by atoms with E-state index in [4.69, 9.17) is 5.73 Å². The number of nitrogens with zero attached hydrogens (tertiary/aromatic N) is 1. The van der Waals surface area contributed by atoms with Crippen LogP contribution in [-0.4, -0.2) is 127 Å². The summed E-state index contributed by atoms with van der Waals surface area (Å²) in [7, 11) is 3.70. The zero-order valence-electron chi connectivity index (χ0n) is 43.0. The summed E-state index contributed by atoms with van der Waals surface area (Å²) in [6.45, 7) is 13.6.